The second-order valence-electron chi connectivity index (χ2n) is 4.25. The highest BCUT2D eigenvalue weighted by molar-refractivity contribution is 5.35. The Labute approximate surface area is 101 Å². The van der Waals surface area contributed by atoms with E-state index >= 15 is 0 Å². The van der Waals surface area contributed by atoms with Gasteiger partial charge in [0.2, 0.25) is 0 Å². The van der Waals surface area contributed by atoms with Gasteiger partial charge < -0.3 is 14.8 Å². The Hall–Kier alpha value is -1.74. The van der Waals surface area contributed by atoms with E-state index in [9.17, 15) is 5.11 Å². The van der Waals surface area contributed by atoms with Gasteiger partial charge in [0.15, 0.2) is 0 Å². The van der Waals surface area contributed by atoms with Crippen molar-refractivity contribution in [3.05, 3.63) is 53.5 Å². The van der Waals surface area contributed by atoms with Crippen molar-refractivity contribution < 1.29 is 9.52 Å². The summed E-state index contributed by atoms with van der Waals surface area (Å²) in [6.45, 7) is 4.67. The van der Waals surface area contributed by atoms with Crippen molar-refractivity contribution in [1.29, 1.82) is 0 Å². The molecule has 1 aromatic carbocycles. The molecular weight excluding hydrogens is 214 g/mol. The molecule has 0 fully saturated rings. The van der Waals surface area contributed by atoms with Crippen LogP contribution in [-0.4, -0.2) is 5.11 Å². The van der Waals surface area contributed by atoms with Crippen molar-refractivity contribution >= 4 is 0 Å². The summed E-state index contributed by atoms with van der Waals surface area (Å²) >= 11 is 0. The molecule has 0 radical (unpaired) electrons. The van der Waals surface area contributed by atoms with Crippen LogP contribution in [0.4, 0.5) is 0 Å². The van der Waals surface area contributed by atoms with E-state index < -0.39 is 0 Å². The van der Waals surface area contributed by atoms with Crippen LogP contribution < -0.4 is 5.32 Å². The molecule has 0 aliphatic heterocycles. The van der Waals surface area contributed by atoms with Gasteiger partial charge in [0.1, 0.15) is 11.5 Å². The van der Waals surface area contributed by atoms with Gasteiger partial charge >= 0.3 is 0 Å². The first kappa shape index (κ1) is 11.7. The molecule has 1 atom stereocenters. The standard InChI is InChI=1S/C14H17NO2/c1-10-5-6-13(16)12(8-10)9-15-11(2)14-4-3-7-17-14/h3-8,11,15-16H,9H2,1-2H3/t11-/m1/s1. The Morgan fingerprint density at radius 1 is 1.35 bits per heavy atom. The van der Waals surface area contributed by atoms with Gasteiger partial charge in [0.05, 0.1) is 12.3 Å². The van der Waals surface area contributed by atoms with E-state index in [1.807, 2.05) is 38.1 Å². The summed E-state index contributed by atoms with van der Waals surface area (Å²) in [6.07, 6.45) is 1.66. The third-order valence-electron chi connectivity index (χ3n) is 2.80. The average molecular weight is 231 g/mol. The minimum atomic E-state index is 0.130. The van der Waals surface area contributed by atoms with E-state index in [1.165, 1.54) is 0 Å². The van der Waals surface area contributed by atoms with Crippen molar-refractivity contribution in [2.24, 2.45) is 0 Å². The Kier molecular flexibility index (Phi) is 3.49. The summed E-state index contributed by atoms with van der Waals surface area (Å²) < 4.78 is 5.31. The van der Waals surface area contributed by atoms with Crippen molar-refractivity contribution in [2.75, 3.05) is 0 Å². The van der Waals surface area contributed by atoms with Crippen LogP contribution in [0, 0.1) is 6.92 Å². The summed E-state index contributed by atoms with van der Waals surface area (Å²) in [5.74, 6) is 1.23. The molecule has 2 aromatic rings. The maximum atomic E-state index is 9.71. The lowest BCUT2D eigenvalue weighted by Crippen LogP contribution is -2.17. The van der Waals surface area contributed by atoms with Gasteiger partial charge in [0.25, 0.3) is 0 Å². The van der Waals surface area contributed by atoms with E-state index in [4.69, 9.17) is 4.42 Å². The summed E-state index contributed by atoms with van der Waals surface area (Å²) in [5.41, 5.74) is 2.05. The number of furan rings is 1. The molecule has 0 unspecified atom stereocenters. The highest BCUT2D eigenvalue weighted by Crippen LogP contribution is 2.19. The molecule has 0 aliphatic rings. The lowest BCUT2D eigenvalue weighted by molar-refractivity contribution is 0.422. The first-order valence-corrected chi connectivity index (χ1v) is 5.72. The molecule has 2 N–H and O–H groups in total. The SMILES string of the molecule is Cc1ccc(O)c(CN[C@H](C)c2ccco2)c1. The topological polar surface area (TPSA) is 45.4 Å². The number of phenols is 1. The summed E-state index contributed by atoms with van der Waals surface area (Å²) in [7, 11) is 0. The molecular formula is C14H17NO2. The van der Waals surface area contributed by atoms with Gasteiger partial charge in [-0.15, -0.1) is 0 Å². The smallest absolute Gasteiger partial charge is 0.120 e. The van der Waals surface area contributed by atoms with Gasteiger partial charge in [-0.1, -0.05) is 17.7 Å². The first-order valence-electron chi connectivity index (χ1n) is 5.72. The Morgan fingerprint density at radius 3 is 2.88 bits per heavy atom. The molecule has 1 aromatic heterocycles. The van der Waals surface area contributed by atoms with Gasteiger partial charge in [-0.05, 0) is 32.0 Å². The molecule has 3 heteroatoms. The van der Waals surface area contributed by atoms with Gasteiger partial charge in [0, 0.05) is 12.1 Å². The number of hydrogen-bond donors (Lipinski definition) is 2. The fraction of sp³-hybridized carbons (Fsp3) is 0.286. The van der Waals surface area contributed by atoms with Gasteiger partial charge in [-0.25, -0.2) is 0 Å². The van der Waals surface area contributed by atoms with Crippen molar-refractivity contribution in [3.63, 3.8) is 0 Å². The third-order valence-corrected chi connectivity index (χ3v) is 2.80. The highest BCUT2D eigenvalue weighted by atomic mass is 16.3. The molecule has 0 bridgehead atoms. The summed E-state index contributed by atoms with van der Waals surface area (Å²) in [5, 5.41) is 13.0. The molecule has 0 aliphatic carbocycles. The predicted octanol–water partition coefficient (Wildman–Crippen LogP) is 3.14. The molecule has 3 nitrogen and oxygen atoms in total. The highest BCUT2D eigenvalue weighted by Gasteiger charge is 2.08. The number of nitrogens with one attached hydrogen (secondary N) is 1. The van der Waals surface area contributed by atoms with Crippen LogP contribution in [0.3, 0.4) is 0 Å². The molecule has 0 amide bonds. The number of aromatic hydroxyl groups is 1. The molecule has 0 saturated carbocycles. The van der Waals surface area contributed by atoms with E-state index in [2.05, 4.69) is 5.32 Å². The first-order chi connectivity index (χ1) is 8.16. The van der Waals surface area contributed by atoms with Crippen LogP contribution in [0.1, 0.15) is 29.9 Å². The summed E-state index contributed by atoms with van der Waals surface area (Å²) in [6, 6.07) is 9.55. The normalized spacial score (nSPS) is 12.6. The van der Waals surface area contributed by atoms with Crippen LogP contribution in [-0.2, 0) is 6.54 Å². The van der Waals surface area contributed by atoms with E-state index in [0.29, 0.717) is 12.3 Å². The van der Waals surface area contributed by atoms with Gasteiger partial charge in [-0.2, -0.15) is 0 Å². The minimum Gasteiger partial charge on any atom is -0.508 e. The summed E-state index contributed by atoms with van der Waals surface area (Å²) in [4.78, 5) is 0. The van der Waals surface area contributed by atoms with Crippen LogP contribution in [0.5, 0.6) is 5.75 Å². The van der Waals surface area contributed by atoms with E-state index in [1.54, 1.807) is 12.3 Å². The maximum absolute atomic E-state index is 9.71. The van der Waals surface area contributed by atoms with Crippen molar-refractivity contribution in [3.8, 4) is 5.75 Å². The third kappa shape index (κ3) is 2.88. The Bertz CT molecular complexity index is 477. The average Bonchev–Trinajstić information content (AvgIpc) is 2.83. The van der Waals surface area contributed by atoms with E-state index in [0.717, 1.165) is 16.9 Å². The fourth-order valence-corrected chi connectivity index (χ4v) is 1.76. The van der Waals surface area contributed by atoms with E-state index in [-0.39, 0.29) is 6.04 Å². The quantitative estimate of drug-likeness (QED) is 0.849. The van der Waals surface area contributed by atoms with Gasteiger partial charge in [-0.3, -0.25) is 0 Å². The van der Waals surface area contributed by atoms with Crippen molar-refractivity contribution in [2.45, 2.75) is 26.4 Å². The zero-order valence-electron chi connectivity index (χ0n) is 10.1. The lowest BCUT2D eigenvalue weighted by atomic mass is 10.1. The molecule has 0 spiro atoms. The van der Waals surface area contributed by atoms with Crippen LogP contribution >= 0.6 is 0 Å². The van der Waals surface area contributed by atoms with Crippen LogP contribution in [0.2, 0.25) is 0 Å². The number of rotatable bonds is 4. The number of phenolic OH excluding ortho intramolecular Hbond substituents is 1. The number of hydrogen-bond acceptors (Lipinski definition) is 3. The zero-order chi connectivity index (χ0) is 12.3. The fourth-order valence-electron chi connectivity index (χ4n) is 1.76. The second kappa shape index (κ2) is 5.06. The molecule has 90 valence electrons. The Morgan fingerprint density at radius 2 is 2.18 bits per heavy atom. The molecule has 0 saturated heterocycles. The predicted molar refractivity (Wildman–Crippen MR) is 66.8 cm³/mol. The zero-order valence-corrected chi connectivity index (χ0v) is 10.1. The number of aryl methyl sites for hydroxylation is 1. The second-order valence-corrected chi connectivity index (χ2v) is 4.25. The molecule has 2 rings (SSSR count). The van der Waals surface area contributed by atoms with Crippen LogP contribution in [0.15, 0.2) is 41.0 Å². The molecule has 17 heavy (non-hydrogen) atoms. The Balaban J connectivity index is 2.00. The molecule has 1 heterocycles. The van der Waals surface area contributed by atoms with Crippen LogP contribution in [0.25, 0.3) is 0 Å². The monoisotopic (exact) mass is 231 g/mol. The lowest BCUT2D eigenvalue weighted by Gasteiger charge is -2.12. The minimum absolute atomic E-state index is 0.130. The number of benzene rings is 1. The van der Waals surface area contributed by atoms with Crippen molar-refractivity contribution in [1.82, 2.24) is 5.32 Å². The maximum Gasteiger partial charge on any atom is 0.120 e. The largest absolute Gasteiger partial charge is 0.508 e.